The van der Waals surface area contributed by atoms with Crippen LogP contribution in [0.4, 0.5) is 0 Å². The van der Waals surface area contributed by atoms with Crippen molar-refractivity contribution in [3.05, 3.63) is 29.6 Å². The molecule has 4 nitrogen and oxygen atoms in total. The molecule has 1 aromatic heterocycles. The van der Waals surface area contributed by atoms with Crippen LogP contribution in [-0.2, 0) is 13.5 Å². The van der Waals surface area contributed by atoms with Gasteiger partial charge in [-0.25, -0.2) is 4.98 Å². The first-order valence-electron chi connectivity index (χ1n) is 6.48. The quantitative estimate of drug-likeness (QED) is 0.810. The SMILES string of the molecule is Cn1nc(-c2ccc3c(c2)CCO3)nc1C1CC1. The minimum absolute atomic E-state index is 0.633. The molecule has 92 valence electrons. The number of aryl methyl sites for hydroxylation is 1. The van der Waals surface area contributed by atoms with Crippen molar-refractivity contribution in [1.82, 2.24) is 14.8 Å². The van der Waals surface area contributed by atoms with Crippen LogP contribution in [0.1, 0.15) is 30.1 Å². The Morgan fingerprint density at radius 3 is 3.06 bits per heavy atom. The third-order valence-corrected chi connectivity index (χ3v) is 3.69. The molecule has 0 unspecified atom stereocenters. The topological polar surface area (TPSA) is 39.9 Å². The van der Waals surface area contributed by atoms with Gasteiger partial charge in [0.15, 0.2) is 5.82 Å². The molecule has 1 aliphatic heterocycles. The molecule has 1 aromatic carbocycles. The molecule has 1 fully saturated rings. The molecular weight excluding hydrogens is 226 g/mol. The molecule has 0 spiro atoms. The maximum atomic E-state index is 5.52. The molecule has 2 aliphatic rings. The predicted octanol–water partition coefficient (Wildman–Crippen LogP) is 2.29. The summed E-state index contributed by atoms with van der Waals surface area (Å²) in [7, 11) is 1.99. The van der Waals surface area contributed by atoms with E-state index in [2.05, 4.69) is 22.2 Å². The van der Waals surface area contributed by atoms with Gasteiger partial charge in [-0.15, -0.1) is 0 Å². The molecule has 0 N–H and O–H groups in total. The van der Waals surface area contributed by atoms with E-state index < -0.39 is 0 Å². The summed E-state index contributed by atoms with van der Waals surface area (Å²) in [5.74, 6) is 3.61. The summed E-state index contributed by atoms with van der Waals surface area (Å²) in [6.45, 7) is 0.793. The number of hydrogen-bond donors (Lipinski definition) is 0. The maximum absolute atomic E-state index is 5.52. The van der Waals surface area contributed by atoms with Gasteiger partial charge in [-0.3, -0.25) is 4.68 Å². The van der Waals surface area contributed by atoms with Crippen molar-refractivity contribution in [2.75, 3.05) is 6.61 Å². The highest BCUT2D eigenvalue weighted by molar-refractivity contribution is 5.59. The molecule has 0 radical (unpaired) electrons. The normalized spacial score (nSPS) is 17.6. The first kappa shape index (κ1) is 10.1. The first-order valence-corrected chi connectivity index (χ1v) is 6.48. The smallest absolute Gasteiger partial charge is 0.181 e. The van der Waals surface area contributed by atoms with E-state index in [9.17, 15) is 0 Å². The largest absolute Gasteiger partial charge is 0.493 e. The highest BCUT2D eigenvalue weighted by atomic mass is 16.5. The molecule has 0 saturated heterocycles. The average molecular weight is 241 g/mol. The Labute approximate surface area is 106 Å². The molecule has 2 heterocycles. The summed E-state index contributed by atoms with van der Waals surface area (Å²) in [5, 5.41) is 4.53. The van der Waals surface area contributed by atoms with E-state index in [1.54, 1.807) is 0 Å². The summed E-state index contributed by atoms with van der Waals surface area (Å²) in [5.41, 5.74) is 2.37. The third-order valence-electron chi connectivity index (χ3n) is 3.69. The Balaban J connectivity index is 1.75. The van der Waals surface area contributed by atoms with Crippen LogP contribution in [0, 0.1) is 0 Å². The number of benzene rings is 1. The lowest BCUT2D eigenvalue weighted by Crippen LogP contribution is -1.96. The summed E-state index contributed by atoms with van der Waals surface area (Å²) in [6.07, 6.45) is 3.50. The number of hydrogen-bond acceptors (Lipinski definition) is 3. The molecule has 0 bridgehead atoms. The van der Waals surface area contributed by atoms with Crippen LogP contribution in [0.3, 0.4) is 0 Å². The Morgan fingerprint density at radius 2 is 2.22 bits per heavy atom. The zero-order chi connectivity index (χ0) is 12.1. The van der Waals surface area contributed by atoms with Crippen molar-refractivity contribution in [2.24, 2.45) is 7.05 Å². The minimum atomic E-state index is 0.633. The van der Waals surface area contributed by atoms with Gasteiger partial charge < -0.3 is 4.74 Å². The van der Waals surface area contributed by atoms with Gasteiger partial charge >= 0.3 is 0 Å². The lowest BCUT2D eigenvalue weighted by atomic mass is 10.1. The van der Waals surface area contributed by atoms with E-state index in [0.29, 0.717) is 5.92 Å². The highest BCUT2D eigenvalue weighted by Gasteiger charge is 2.29. The van der Waals surface area contributed by atoms with Crippen molar-refractivity contribution in [3.63, 3.8) is 0 Å². The highest BCUT2D eigenvalue weighted by Crippen LogP contribution is 2.39. The first-order chi connectivity index (χ1) is 8.81. The molecule has 1 aliphatic carbocycles. The monoisotopic (exact) mass is 241 g/mol. The lowest BCUT2D eigenvalue weighted by molar-refractivity contribution is 0.357. The van der Waals surface area contributed by atoms with E-state index in [4.69, 9.17) is 4.74 Å². The zero-order valence-electron chi connectivity index (χ0n) is 10.4. The number of nitrogens with zero attached hydrogens (tertiary/aromatic N) is 3. The molecule has 4 heteroatoms. The number of ether oxygens (including phenoxy) is 1. The van der Waals surface area contributed by atoms with Gasteiger partial charge in [0.05, 0.1) is 6.61 Å². The van der Waals surface area contributed by atoms with Crippen LogP contribution in [0.2, 0.25) is 0 Å². The van der Waals surface area contributed by atoms with E-state index in [1.165, 1.54) is 18.4 Å². The van der Waals surface area contributed by atoms with Crippen LogP contribution in [0.5, 0.6) is 5.75 Å². The van der Waals surface area contributed by atoms with Gasteiger partial charge in [0.2, 0.25) is 0 Å². The van der Waals surface area contributed by atoms with Crippen LogP contribution >= 0.6 is 0 Å². The van der Waals surface area contributed by atoms with Crippen LogP contribution in [0.15, 0.2) is 18.2 Å². The Kier molecular flexibility index (Phi) is 2.01. The van der Waals surface area contributed by atoms with Crippen molar-refractivity contribution < 1.29 is 4.74 Å². The van der Waals surface area contributed by atoms with Crippen molar-refractivity contribution >= 4 is 0 Å². The van der Waals surface area contributed by atoms with Crippen molar-refractivity contribution in [1.29, 1.82) is 0 Å². The Hall–Kier alpha value is -1.84. The second-order valence-electron chi connectivity index (χ2n) is 5.11. The van der Waals surface area contributed by atoms with Crippen molar-refractivity contribution in [3.8, 4) is 17.1 Å². The summed E-state index contributed by atoms with van der Waals surface area (Å²) in [4.78, 5) is 4.68. The molecule has 0 amide bonds. The maximum Gasteiger partial charge on any atom is 0.181 e. The second-order valence-corrected chi connectivity index (χ2v) is 5.11. The van der Waals surface area contributed by atoms with E-state index in [-0.39, 0.29) is 0 Å². The fourth-order valence-electron chi connectivity index (χ4n) is 2.54. The van der Waals surface area contributed by atoms with Gasteiger partial charge in [0.1, 0.15) is 11.6 Å². The number of rotatable bonds is 2. The third kappa shape index (κ3) is 1.52. The molecule has 18 heavy (non-hydrogen) atoms. The van der Waals surface area contributed by atoms with Crippen LogP contribution in [0.25, 0.3) is 11.4 Å². The summed E-state index contributed by atoms with van der Waals surface area (Å²) >= 11 is 0. The number of fused-ring (bicyclic) bond motifs is 1. The Bertz CT molecular complexity index is 613. The van der Waals surface area contributed by atoms with E-state index in [1.807, 2.05) is 17.8 Å². The Morgan fingerprint density at radius 1 is 1.33 bits per heavy atom. The molecule has 1 saturated carbocycles. The lowest BCUT2D eigenvalue weighted by Gasteiger charge is -2.00. The van der Waals surface area contributed by atoms with Crippen LogP contribution < -0.4 is 4.74 Å². The van der Waals surface area contributed by atoms with Crippen molar-refractivity contribution in [2.45, 2.75) is 25.2 Å². The summed E-state index contributed by atoms with van der Waals surface area (Å²) < 4.78 is 7.45. The standard InChI is InChI=1S/C14H15N3O/c1-17-14(9-2-3-9)15-13(16-17)11-4-5-12-10(8-11)6-7-18-12/h4-5,8-9H,2-3,6-7H2,1H3. The van der Waals surface area contributed by atoms with E-state index >= 15 is 0 Å². The molecule has 2 aromatic rings. The zero-order valence-corrected chi connectivity index (χ0v) is 10.4. The average Bonchev–Trinajstić information content (AvgIpc) is 2.98. The van der Waals surface area contributed by atoms with Gasteiger partial charge in [-0.2, -0.15) is 5.10 Å². The van der Waals surface area contributed by atoms with Gasteiger partial charge in [-0.05, 0) is 36.6 Å². The fraction of sp³-hybridized carbons (Fsp3) is 0.429. The minimum Gasteiger partial charge on any atom is -0.493 e. The molecule has 0 atom stereocenters. The molecular formula is C14H15N3O. The molecule has 4 rings (SSSR count). The van der Waals surface area contributed by atoms with Gasteiger partial charge in [-0.1, -0.05) is 0 Å². The summed E-state index contributed by atoms with van der Waals surface area (Å²) in [6, 6.07) is 6.25. The second kappa shape index (κ2) is 3.57. The fourth-order valence-corrected chi connectivity index (χ4v) is 2.54. The van der Waals surface area contributed by atoms with E-state index in [0.717, 1.165) is 36.0 Å². The number of aromatic nitrogens is 3. The van der Waals surface area contributed by atoms with Gasteiger partial charge in [0.25, 0.3) is 0 Å². The van der Waals surface area contributed by atoms with Crippen LogP contribution in [-0.4, -0.2) is 21.4 Å². The predicted molar refractivity (Wildman–Crippen MR) is 67.6 cm³/mol. The van der Waals surface area contributed by atoms with Gasteiger partial charge in [0, 0.05) is 24.9 Å².